The van der Waals surface area contributed by atoms with Crippen LogP contribution in [-0.2, 0) is 16.0 Å². The summed E-state index contributed by atoms with van der Waals surface area (Å²) in [7, 11) is 0. The van der Waals surface area contributed by atoms with E-state index in [9.17, 15) is 4.79 Å². The third-order valence-electron chi connectivity index (χ3n) is 2.41. The number of carbonyl (C=O) groups is 1. The lowest BCUT2D eigenvalue weighted by atomic mass is 10.2. The first-order valence-electron chi connectivity index (χ1n) is 6.00. The van der Waals surface area contributed by atoms with Crippen LogP contribution in [0.5, 0.6) is 0 Å². The molecule has 0 saturated carbocycles. The number of nitrogens with one attached hydrogen (secondary N) is 1. The van der Waals surface area contributed by atoms with E-state index in [2.05, 4.69) is 10.3 Å². The van der Waals surface area contributed by atoms with Crippen LogP contribution in [0.15, 0.2) is 24.5 Å². The van der Waals surface area contributed by atoms with E-state index in [1.165, 1.54) is 5.56 Å². The van der Waals surface area contributed by atoms with Gasteiger partial charge in [-0.2, -0.15) is 0 Å². The minimum Gasteiger partial charge on any atom is -0.466 e. The minimum atomic E-state index is -0.145. The van der Waals surface area contributed by atoms with Crippen molar-refractivity contribution in [1.29, 1.82) is 0 Å². The van der Waals surface area contributed by atoms with Crippen molar-refractivity contribution >= 4 is 5.97 Å². The van der Waals surface area contributed by atoms with E-state index in [-0.39, 0.29) is 12.0 Å². The van der Waals surface area contributed by atoms with E-state index in [0.29, 0.717) is 13.0 Å². The Morgan fingerprint density at radius 3 is 3.06 bits per heavy atom. The van der Waals surface area contributed by atoms with Crippen LogP contribution in [0.25, 0.3) is 0 Å². The number of hydrogen-bond acceptors (Lipinski definition) is 4. The van der Waals surface area contributed by atoms with Gasteiger partial charge in [0.25, 0.3) is 0 Å². The first-order valence-corrected chi connectivity index (χ1v) is 6.00. The normalized spacial score (nSPS) is 12.1. The molecule has 0 radical (unpaired) electrons. The molecule has 0 aliphatic rings. The van der Waals surface area contributed by atoms with Gasteiger partial charge in [-0.15, -0.1) is 0 Å². The molecule has 0 saturated heterocycles. The number of hydrogen-bond donors (Lipinski definition) is 1. The number of carbonyl (C=O) groups excluding carboxylic acids is 1. The van der Waals surface area contributed by atoms with Crippen molar-refractivity contribution in [3.63, 3.8) is 0 Å². The third kappa shape index (κ3) is 6.02. The molecule has 1 aromatic heterocycles. The van der Waals surface area contributed by atoms with Crippen LogP contribution < -0.4 is 5.32 Å². The molecule has 1 N–H and O–H groups in total. The highest BCUT2D eigenvalue weighted by Gasteiger charge is 2.08. The van der Waals surface area contributed by atoms with Crippen molar-refractivity contribution in [3.05, 3.63) is 30.1 Å². The van der Waals surface area contributed by atoms with Crippen molar-refractivity contribution in [2.24, 2.45) is 0 Å². The van der Waals surface area contributed by atoms with E-state index in [1.807, 2.05) is 32.2 Å². The molecule has 4 nitrogen and oxygen atoms in total. The summed E-state index contributed by atoms with van der Waals surface area (Å²) in [6.07, 6.45) is 4.96. The van der Waals surface area contributed by atoms with Gasteiger partial charge in [0.2, 0.25) is 0 Å². The van der Waals surface area contributed by atoms with Crippen molar-refractivity contribution in [3.8, 4) is 0 Å². The standard InChI is InChI=1S/C13H20N2O2/c1-3-17-13(16)9-11(2)15-8-6-12-5-4-7-14-10-12/h4-5,7,10-11,15H,3,6,8-9H2,1-2H3. The monoisotopic (exact) mass is 236 g/mol. The second kappa shape index (κ2) is 7.79. The molecule has 0 fully saturated rings. The maximum absolute atomic E-state index is 11.2. The van der Waals surface area contributed by atoms with Crippen LogP contribution in [0.4, 0.5) is 0 Å². The van der Waals surface area contributed by atoms with Crippen LogP contribution in [-0.4, -0.2) is 30.1 Å². The van der Waals surface area contributed by atoms with Crippen LogP contribution in [0.2, 0.25) is 0 Å². The van der Waals surface area contributed by atoms with Gasteiger partial charge in [-0.25, -0.2) is 0 Å². The molecule has 0 aliphatic carbocycles. The maximum Gasteiger partial charge on any atom is 0.307 e. The predicted molar refractivity (Wildman–Crippen MR) is 66.7 cm³/mol. The average molecular weight is 236 g/mol. The highest BCUT2D eigenvalue weighted by molar-refractivity contribution is 5.69. The van der Waals surface area contributed by atoms with E-state index in [0.717, 1.165) is 13.0 Å². The summed E-state index contributed by atoms with van der Waals surface area (Å²) in [5.41, 5.74) is 1.20. The maximum atomic E-state index is 11.2. The van der Waals surface area contributed by atoms with E-state index < -0.39 is 0 Å². The van der Waals surface area contributed by atoms with Gasteiger partial charge >= 0.3 is 5.97 Å². The molecule has 0 amide bonds. The number of rotatable bonds is 7. The van der Waals surface area contributed by atoms with E-state index >= 15 is 0 Å². The van der Waals surface area contributed by atoms with E-state index in [1.54, 1.807) is 6.20 Å². The zero-order valence-electron chi connectivity index (χ0n) is 10.5. The van der Waals surface area contributed by atoms with Crippen LogP contribution >= 0.6 is 0 Å². The molecule has 17 heavy (non-hydrogen) atoms. The number of ether oxygens (including phenoxy) is 1. The molecule has 0 aliphatic heterocycles. The molecule has 0 bridgehead atoms. The lowest BCUT2D eigenvalue weighted by Gasteiger charge is -2.12. The second-order valence-electron chi connectivity index (χ2n) is 3.98. The highest BCUT2D eigenvalue weighted by atomic mass is 16.5. The van der Waals surface area contributed by atoms with Gasteiger partial charge in [0, 0.05) is 18.4 Å². The SMILES string of the molecule is CCOC(=O)CC(C)NCCc1cccnc1. The molecule has 1 aromatic rings. The second-order valence-corrected chi connectivity index (χ2v) is 3.98. The molecule has 1 unspecified atom stereocenters. The molecular formula is C13H20N2O2. The summed E-state index contributed by atoms with van der Waals surface area (Å²) in [4.78, 5) is 15.3. The molecule has 4 heteroatoms. The first-order chi connectivity index (χ1) is 8.22. The zero-order valence-corrected chi connectivity index (χ0v) is 10.5. The fourth-order valence-corrected chi connectivity index (χ4v) is 1.55. The Kier molecular flexibility index (Phi) is 6.25. The summed E-state index contributed by atoms with van der Waals surface area (Å²) >= 11 is 0. The zero-order chi connectivity index (χ0) is 12.5. The smallest absolute Gasteiger partial charge is 0.307 e. The van der Waals surface area contributed by atoms with Crippen molar-refractivity contribution in [1.82, 2.24) is 10.3 Å². The van der Waals surface area contributed by atoms with Crippen molar-refractivity contribution < 1.29 is 9.53 Å². The Morgan fingerprint density at radius 2 is 2.41 bits per heavy atom. The Balaban J connectivity index is 2.16. The summed E-state index contributed by atoms with van der Waals surface area (Å²) in [5, 5.41) is 3.29. The number of pyridine rings is 1. The topological polar surface area (TPSA) is 51.2 Å². The van der Waals surface area contributed by atoms with Crippen LogP contribution in [0.1, 0.15) is 25.8 Å². The molecule has 1 rings (SSSR count). The van der Waals surface area contributed by atoms with Gasteiger partial charge in [-0.05, 0) is 38.4 Å². The van der Waals surface area contributed by atoms with Crippen molar-refractivity contribution in [2.45, 2.75) is 32.7 Å². The summed E-state index contributed by atoms with van der Waals surface area (Å²) in [6, 6.07) is 4.12. The Hall–Kier alpha value is -1.42. The van der Waals surface area contributed by atoms with Gasteiger partial charge in [0.1, 0.15) is 0 Å². The molecule has 94 valence electrons. The minimum absolute atomic E-state index is 0.144. The molecule has 0 aromatic carbocycles. The van der Waals surface area contributed by atoms with Crippen LogP contribution in [0.3, 0.4) is 0 Å². The number of nitrogens with zero attached hydrogens (tertiary/aromatic N) is 1. The predicted octanol–water partition coefficient (Wildman–Crippen LogP) is 1.56. The third-order valence-corrected chi connectivity index (χ3v) is 2.41. The first kappa shape index (κ1) is 13.6. The molecule has 1 atom stereocenters. The lowest BCUT2D eigenvalue weighted by molar-refractivity contribution is -0.143. The number of aromatic nitrogens is 1. The molecular weight excluding hydrogens is 216 g/mol. The Labute approximate surface area is 102 Å². The number of esters is 1. The largest absolute Gasteiger partial charge is 0.466 e. The van der Waals surface area contributed by atoms with Crippen molar-refractivity contribution in [2.75, 3.05) is 13.2 Å². The fourth-order valence-electron chi connectivity index (χ4n) is 1.55. The van der Waals surface area contributed by atoms with Gasteiger partial charge in [0.05, 0.1) is 13.0 Å². The summed E-state index contributed by atoms with van der Waals surface area (Å²) in [5.74, 6) is -0.145. The average Bonchev–Trinajstić information content (AvgIpc) is 2.30. The fraction of sp³-hybridized carbons (Fsp3) is 0.538. The Morgan fingerprint density at radius 1 is 1.59 bits per heavy atom. The van der Waals surface area contributed by atoms with Crippen LogP contribution in [0, 0.1) is 0 Å². The summed E-state index contributed by atoms with van der Waals surface area (Å²) in [6.45, 7) is 5.09. The molecule has 1 heterocycles. The Bertz CT molecular complexity index is 327. The van der Waals surface area contributed by atoms with Gasteiger partial charge < -0.3 is 10.1 Å². The van der Waals surface area contributed by atoms with Gasteiger partial charge in [-0.1, -0.05) is 6.07 Å². The quantitative estimate of drug-likeness (QED) is 0.730. The van der Waals surface area contributed by atoms with E-state index in [4.69, 9.17) is 4.74 Å². The highest BCUT2D eigenvalue weighted by Crippen LogP contribution is 1.98. The van der Waals surface area contributed by atoms with Gasteiger partial charge in [0.15, 0.2) is 0 Å². The summed E-state index contributed by atoms with van der Waals surface area (Å²) < 4.78 is 4.89. The lowest BCUT2D eigenvalue weighted by Crippen LogP contribution is -2.30. The molecule has 0 spiro atoms. The van der Waals surface area contributed by atoms with Gasteiger partial charge in [-0.3, -0.25) is 9.78 Å².